The van der Waals surface area contributed by atoms with Gasteiger partial charge in [-0.25, -0.2) is 4.79 Å². The van der Waals surface area contributed by atoms with Crippen LogP contribution in [0.3, 0.4) is 0 Å². The number of carbonyl (C=O) groups is 1. The van der Waals surface area contributed by atoms with Gasteiger partial charge in [-0.15, -0.1) is 0 Å². The first kappa shape index (κ1) is 14.3. The van der Waals surface area contributed by atoms with Crippen molar-refractivity contribution < 1.29 is 14.6 Å². The molecule has 2 aromatic rings. The maximum atomic E-state index is 11.3. The Bertz CT molecular complexity index is 551. The second-order valence-electron chi connectivity index (χ2n) is 4.42. The molecule has 0 amide bonds. The number of aliphatic hydroxyl groups is 1. The van der Waals surface area contributed by atoms with Gasteiger partial charge in [-0.2, -0.15) is 0 Å². The van der Waals surface area contributed by atoms with Crippen LogP contribution >= 0.6 is 0 Å². The number of rotatable bonds is 6. The highest BCUT2D eigenvalue weighted by atomic mass is 16.5. The van der Waals surface area contributed by atoms with E-state index in [0.29, 0.717) is 12.2 Å². The Morgan fingerprint density at radius 2 is 2.05 bits per heavy atom. The van der Waals surface area contributed by atoms with E-state index in [1.165, 1.54) is 7.11 Å². The summed E-state index contributed by atoms with van der Waals surface area (Å²) in [5, 5.41) is 12.7. The summed E-state index contributed by atoms with van der Waals surface area (Å²) >= 11 is 0. The number of hydrogen-bond donors (Lipinski definition) is 3. The summed E-state index contributed by atoms with van der Waals surface area (Å²) in [5.74, 6) is -0.391. The molecule has 1 aromatic carbocycles. The van der Waals surface area contributed by atoms with Crippen LogP contribution in [0.1, 0.15) is 27.8 Å². The van der Waals surface area contributed by atoms with Gasteiger partial charge in [0.15, 0.2) is 0 Å². The van der Waals surface area contributed by atoms with Gasteiger partial charge >= 0.3 is 5.97 Å². The lowest BCUT2D eigenvalue weighted by molar-refractivity contribution is 0.0594. The van der Waals surface area contributed by atoms with E-state index in [-0.39, 0.29) is 12.6 Å². The van der Waals surface area contributed by atoms with Crippen LogP contribution in [0.25, 0.3) is 0 Å². The number of carbonyl (C=O) groups excluding carboxylic acids is 1. The smallest absolute Gasteiger partial charge is 0.354 e. The van der Waals surface area contributed by atoms with Gasteiger partial charge in [-0.3, -0.25) is 0 Å². The fourth-order valence-electron chi connectivity index (χ4n) is 1.98. The molecule has 0 spiro atoms. The zero-order chi connectivity index (χ0) is 14.4. The number of benzene rings is 1. The van der Waals surface area contributed by atoms with Gasteiger partial charge in [0.1, 0.15) is 5.69 Å². The van der Waals surface area contributed by atoms with E-state index in [1.807, 2.05) is 36.4 Å². The second kappa shape index (κ2) is 6.88. The highest BCUT2D eigenvalue weighted by Gasteiger charge is 2.11. The molecule has 0 radical (unpaired) electrons. The predicted octanol–water partition coefficient (Wildman–Crippen LogP) is 1.62. The van der Waals surface area contributed by atoms with Crippen molar-refractivity contribution in [1.29, 1.82) is 0 Å². The lowest BCUT2D eigenvalue weighted by Gasteiger charge is -2.16. The Balaban J connectivity index is 1.97. The largest absolute Gasteiger partial charge is 0.464 e. The molecule has 5 heteroatoms. The van der Waals surface area contributed by atoms with Gasteiger partial charge in [-0.05, 0) is 17.7 Å². The summed E-state index contributed by atoms with van der Waals surface area (Å²) in [4.78, 5) is 14.3. The standard InChI is InChI=1S/C15H18N2O3/c1-20-15(19)13-8-7-12(17-13)9-16-14(10-18)11-5-3-2-4-6-11/h2-8,14,16-18H,9-10H2,1H3/t14-/m1/s1. The number of aromatic amines is 1. The molecule has 3 N–H and O–H groups in total. The van der Waals surface area contributed by atoms with Crippen molar-refractivity contribution in [2.45, 2.75) is 12.6 Å². The summed E-state index contributed by atoms with van der Waals surface area (Å²) in [6.45, 7) is 0.533. The molecule has 0 saturated carbocycles. The van der Waals surface area contributed by atoms with Gasteiger partial charge < -0.3 is 20.1 Å². The molecule has 0 fully saturated rings. The van der Waals surface area contributed by atoms with Gasteiger partial charge in [0.05, 0.1) is 19.8 Å². The third-order valence-electron chi connectivity index (χ3n) is 3.08. The normalized spacial score (nSPS) is 12.1. The van der Waals surface area contributed by atoms with Crippen molar-refractivity contribution in [3.8, 4) is 0 Å². The third kappa shape index (κ3) is 3.46. The van der Waals surface area contributed by atoms with E-state index in [0.717, 1.165) is 11.3 Å². The summed E-state index contributed by atoms with van der Waals surface area (Å²) < 4.78 is 4.64. The van der Waals surface area contributed by atoms with Crippen LogP contribution in [0.15, 0.2) is 42.5 Å². The minimum Gasteiger partial charge on any atom is -0.464 e. The van der Waals surface area contributed by atoms with Crippen molar-refractivity contribution in [3.05, 3.63) is 59.4 Å². The number of aliphatic hydroxyl groups excluding tert-OH is 1. The molecule has 5 nitrogen and oxygen atoms in total. The number of aromatic nitrogens is 1. The quantitative estimate of drug-likeness (QED) is 0.700. The van der Waals surface area contributed by atoms with Crippen molar-refractivity contribution in [3.63, 3.8) is 0 Å². The Labute approximate surface area is 117 Å². The SMILES string of the molecule is COC(=O)c1ccc(CN[C@H](CO)c2ccccc2)[nH]1. The van der Waals surface area contributed by atoms with E-state index < -0.39 is 5.97 Å². The molecule has 0 bridgehead atoms. The van der Waals surface area contributed by atoms with Gasteiger partial charge in [0.2, 0.25) is 0 Å². The predicted molar refractivity (Wildman–Crippen MR) is 75.2 cm³/mol. The van der Waals surface area contributed by atoms with Gasteiger partial charge in [0, 0.05) is 12.2 Å². The van der Waals surface area contributed by atoms with Crippen LogP contribution in [-0.2, 0) is 11.3 Å². The maximum absolute atomic E-state index is 11.3. The number of H-pyrrole nitrogens is 1. The Morgan fingerprint density at radius 3 is 2.70 bits per heavy atom. The number of ether oxygens (including phenoxy) is 1. The summed E-state index contributed by atoms with van der Waals surface area (Å²) in [7, 11) is 1.35. The first-order valence-electron chi connectivity index (χ1n) is 6.40. The maximum Gasteiger partial charge on any atom is 0.354 e. The van der Waals surface area contributed by atoms with Crippen molar-refractivity contribution in [2.75, 3.05) is 13.7 Å². The molecule has 0 saturated heterocycles. The first-order chi connectivity index (χ1) is 9.74. The molecule has 0 unspecified atom stereocenters. The van der Waals surface area contributed by atoms with Crippen molar-refractivity contribution in [1.82, 2.24) is 10.3 Å². The molecular weight excluding hydrogens is 256 g/mol. The number of methoxy groups -OCH3 is 1. The van der Waals surface area contributed by atoms with E-state index >= 15 is 0 Å². The topological polar surface area (TPSA) is 74.3 Å². The molecular formula is C15H18N2O3. The van der Waals surface area contributed by atoms with Crippen molar-refractivity contribution >= 4 is 5.97 Å². The molecule has 106 valence electrons. The van der Waals surface area contributed by atoms with Crippen LogP contribution in [0.2, 0.25) is 0 Å². The number of esters is 1. The Morgan fingerprint density at radius 1 is 1.30 bits per heavy atom. The molecule has 1 aromatic heterocycles. The second-order valence-corrected chi connectivity index (χ2v) is 4.42. The van der Waals surface area contributed by atoms with Crippen LogP contribution in [0.5, 0.6) is 0 Å². The van der Waals surface area contributed by atoms with Crippen LogP contribution in [-0.4, -0.2) is 29.8 Å². The molecule has 20 heavy (non-hydrogen) atoms. The zero-order valence-electron chi connectivity index (χ0n) is 11.3. The summed E-state index contributed by atoms with van der Waals surface area (Å²) in [5.41, 5.74) is 2.30. The molecule has 0 aliphatic heterocycles. The lowest BCUT2D eigenvalue weighted by Crippen LogP contribution is -2.24. The van der Waals surface area contributed by atoms with E-state index in [4.69, 9.17) is 0 Å². The monoisotopic (exact) mass is 274 g/mol. The highest BCUT2D eigenvalue weighted by molar-refractivity contribution is 5.87. The van der Waals surface area contributed by atoms with Gasteiger partial charge in [0.25, 0.3) is 0 Å². The van der Waals surface area contributed by atoms with E-state index in [2.05, 4.69) is 15.0 Å². The molecule has 0 aliphatic rings. The average Bonchev–Trinajstić information content (AvgIpc) is 2.97. The lowest BCUT2D eigenvalue weighted by atomic mass is 10.1. The van der Waals surface area contributed by atoms with Gasteiger partial charge in [-0.1, -0.05) is 30.3 Å². The minimum atomic E-state index is -0.391. The zero-order valence-corrected chi connectivity index (χ0v) is 11.3. The number of nitrogens with one attached hydrogen (secondary N) is 2. The minimum absolute atomic E-state index is 0.00851. The fraction of sp³-hybridized carbons (Fsp3) is 0.267. The summed E-state index contributed by atoms with van der Waals surface area (Å²) in [6, 6.07) is 13.1. The number of hydrogen-bond acceptors (Lipinski definition) is 4. The van der Waals surface area contributed by atoms with Crippen LogP contribution in [0.4, 0.5) is 0 Å². The average molecular weight is 274 g/mol. The third-order valence-corrected chi connectivity index (χ3v) is 3.08. The summed E-state index contributed by atoms with van der Waals surface area (Å²) in [6.07, 6.45) is 0. The molecule has 0 aliphatic carbocycles. The highest BCUT2D eigenvalue weighted by Crippen LogP contribution is 2.12. The van der Waals surface area contributed by atoms with E-state index in [9.17, 15) is 9.90 Å². The van der Waals surface area contributed by atoms with Crippen LogP contribution in [0, 0.1) is 0 Å². The molecule has 1 atom stereocenters. The molecule has 1 heterocycles. The van der Waals surface area contributed by atoms with Crippen LogP contribution < -0.4 is 5.32 Å². The first-order valence-corrected chi connectivity index (χ1v) is 6.40. The Hall–Kier alpha value is -2.11. The fourth-order valence-corrected chi connectivity index (χ4v) is 1.98. The van der Waals surface area contributed by atoms with Crippen molar-refractivity contribution in [2.24, 2.45) is 0 Å². The molecule has 2 rings (SSSR count). The Kier molecular flexibility index (Phi) is 4.92. The van der Waals surface area contributed by atoms with E-state index in [1.54, 1.807) is 6.07 Å².